The average Bonchev–Trinajstić information content (AvgIpc) is 3.07. The predicted octanol–water partition coefficient (Wildman–Crippen LogP) is 3.92. The Morgan fingerprint density at radius 2 is 1.64 bits per heavy atom. The van der Waals surface area contributed by atoms with Gasteiger partial charge in [-0.3, -0.25) is 9.59 Å². The molecule has 33 heavy (non-hydrogen) atoms. The number of carbonyl (C=O) groups is 3. The molecule has 1 fully saturated rings. The number of hydrogen-bond acceptors (Lipinski definition) is 4. The van der Waals surface area contributed by atoms with Gasteiger partial charge in [0, 0.05) is 18.5 Å². The summed E-state index contributed by atoms with van der Waals surface area (Å²) in [5.74, 6) is -1.40. The van der Waals surface area contributed by atoms with Gasteiger partial charge in [0.2, 0.25) is 5.91 Å². The molecule has 0 saturated heterocycles. The molecule has 2 unspecified atom stereocenters. The number of amides is 2. The minimum atomic E-state index is -0.959. The van der Waals surface area contributed by atoms with Gasteiger partial charge in [-0.15, -0.1) is 0 Å². The highest BCUT2D eigenvalue weighted by Gasteiger charge is 2.34. The zero-order valence-corrected chi connectivity index (χ0v) is 18.8. The van der Waals surface area contributed by atoms with Gasteiger partial charge in [-0.25, -0.2) is 4.79 Å². The van der Waals surface area contributed by atoms with Crippen LogP contribution in [-0.2, 0) is 14.3 Å². The van der Waals surface area contributed by atoms with Crippen LogP contribution in [-0.4, -0.2) is 42.3 Å². The van der Waals surface area contributed by atoms with E-state index in [4.69, 9.17) is 9.84 Å². The van der Waals surface area contributed by atoms with Crippen LogP contribution >= 0.6 is 0 Å². The molecule has 0 bridgehead atoms. The molecular formula is C26H30N2O5. The highest BCUT2D eigenvalue weighted by Crippen LogP contribution is 2.44. The van der Waals surface area contributed by atoms with Crippen LogP contribution in [0.25, 0.3) is 11.1 Å². The minimum absolute atomic E-state index is 0.0225. The molecule has 0 radical (unpaired) electrons. The first-order valence-electron chi connectivity index (χ1n) is 11.5. The molecule has 4 rings (SSSR count). The number of alkyl carbamates (subject to hydrolysis) is 1. The zero-order valence-electron chi connectivity index (χ0n) is 18.8. The second-order valence-electron chi connectivity index (χ2n) is 9.01. The summed E-state index contributed by atoms with van der Waals surface area (Å²) in [6.45, 7) is 2.06. The molecule has 2 aromatic carbocycles. The number of nitrogens with one attached hydrogen (secondary N) is 2. The van der Waals surface area contributed by atoms with Crippen molar-refractivity contribution < 1.29 is 24.2 Å². The second-order valence-corrected chi connectivity index (χ2v) is 9.01. The van der Waals surface area contributed by atoms with Gasteiger partial charge in [0.05, 0.1) is 12.3 Å². The van der Waals surface area contributed by atoms with Crippen molar-refractivity contribution in [1.82, 2.24) is 10.6 Å². The standard InChI is InChI=1S/C26H30N2O5/c1-16(13-24(29)30)28-25(31)22(17-7-6-8-17)14-27-26(32)33-15-23-20-11-4-2-9-18(20)19-10-3-5-12-21(19)23/h2-5,9-12,16-17,22-23H,6-8,13-15H2,1H3,(H,27,32)(H,28,31)(H,29,30). The van der Waals surface area contributed by atoms with Gasteiger partial charge in [-0.2, -0.15) is 0 Å². The summed E-state index contributed by atoms with van der Waals surface area (Å²) in [5.41, 5.74) is 4.62. The zero-order chi connectivity index (χ0) is 23.4. The van der Waals surface area contributed by atoms with Crippen molar-refractivity contribution in [2.45, 2.75) is 44.6 Å². The number of rotatable bonds is 9. The maximum Gasteiger partial charge on any atom is 0.407 e. The predicted molar refractivity (Wildman–Crippen MR) is 124 cm³/mol. The van der Waals surface area contributed by atoms with Crippen molar-refractivity contribution in [3.63, 3.8) is 0 Å². The fourth-order valence-corrected chi connectivity index (χ4v) is 4.82. The third-order valence-electron chi connectivity index (χ3n) is 6.74. The van der Waals surface area contributed by atoms with Crippen LogP contribution in [0.15, 0.2) is 48.5 Å². The summed E-state index contributed by atoms with van der Waals surface area (Å²) in [6.07, 6.45) is 2.23. The lowest BCUT2D eigenvalue weighted by atomic mass is 9.75. The summed E-state index contributed by atoms with van der Waals surface area (Å²) >= 11 is 0. The maximum atomic E-state index is 12.7. The molecule has 1 saturated carbocycles. The number of fused-ring (bicyclic) bond motifs is 3. The summed E-state index contributed by atoms with van der Waals surface area (Å²) in [4.78, 5) is 36.1. The largest absolute Gasteiger partial charge is 0.481 e. The third-order valence-corrected chi connectivity index (χ3v) is 6.74. The molecule has 0 aromatic heterocycles. The monoisotopic (exact) mass is 450 g/mol. The van der Waals surface area contributed by atoms with Crippen LogP contribution in [0.3, 0.4) is 0 Å². The SMILES string of the molecule is CC(CC(=O)O)NC(=O)C(CNC(=O)OCC1c2ccccc2-c2ccccc21)C1CCC1. The lowest BCUT2D eigenvalue weighted by Gasteiger charge is -2.33. The van der Waals surface area contributed by atoms with Crippen LogP contribution < -0.4 is 10.6 Å². The van der Waals surface area contributed by atoms with Gasteiger partial charge in [0.15, 0.2) is 0 Å². The Balaban J connectivity index is 1.33. The van der Waals surface area contributed by atoms with E-state index in [1.54, 1.807) is 6.92 Å². The Bertz CT molecular complexity index is 987. The first-order chi connectivity index (χ1) is 15.9. The van der Waals surface area contributed by atoms with Gasteiger partial charge in [0.1, 0.15) is 6.61 Å². The summed E-state index contributed by atoms with van der Waals surface area (Å²) in [5, 5.41) is 14.5. The topological polar surface area (TPSA) is 105 Å². The quantitative estimate of drug-likeness (QED) is 0.537. The van der Waals surface area contributed by atoms with E-state index in [0.29, 0.717) is 0 Å². The van der Waals surface area contributed by atoms with Crippen molar-refractivity contribution in [3.05, 3.63) is 59.7 Å². The van der Waals surface area contributed by atoms with E-state index in [1.807, 2.05) is 24.3 Å². The molecule has 3 N–H and O–H groups in total. The van der Waals surface area contributed by atoms with Crippen LogP contribution in [0.2, 0.25) is 0 Å². The first kappa shape index (κ1) is 22.8. The van der Waals surface area contributed by atoms with Crippen LogP contribution in [0.1, 0.15) is 49.7 Å². The summed E-state index contributed by atoms with van der Waals surface area (Å²) in [6, 6.07) is 15.8. The highest BCUT2D eigenvalue weighted by atomic mass is 16.5. The molecule has 2 aliphatic rings. The Morgan fingerprint density at radius 1 is 1.03 bits per heavy atom. The molecular weight excluding hydrogens is 420 g/mol. The van der Waals surface area contributed by atoms with Crippen LogP contribution in [0.5, 0.6) is 0 Å². The molecule has 0 heterocycles. The molecule has 2 atom stereocenters. The average molecular weight is 451 g/mol. The lowest BCUT2D eigenvalue weighted by Crippen LogP contribution is -2.47. The summed E-state index contributed by atoms with van der Waals surface area (Å²) < 4.78 is 5.58. The molecule has 0 aliphatic heterocycles. The summed E-state index contributed by atoms with van der Waals surface area (Å²) in [7, 11) is 0. The van der Waals surface area contributed by atoms with E-state index in [9.17, 15) is 14.4 Å². The Kier molecular flexibility index (Phi) is 6.96. The smallest absolute Gasteiger partial charge is 0.407 e. The number of hydrogen-bond donors (Lipinski definition) is 3. The van der Waals surface area contributed by atoms with E-state index < -0.39 is 24.0 Å². The van der Waals surface area contributed by atoms with Crippen molar-refractivity contribution in [2.75, 3.05) is 13.2 Å². The molecule has 2 amide bonds. The van der Waals surface area contributed by atoms with Gasteiger partial charge in [-0.1, -0.05) is 55.0 Å². The lowest BCUT2D eigenvalue weighted by molar-refractivity contribution is -0.137. The van der Waals surface area contributed by atoms with Crippen molar-refractivity contribution >= 4 is 18.0 Å². The normalized spacial score (nSPS) is 16.6. The number of ether oxygens (including phenoxy) is 1. The number of carbonyl (C=O) groups excluding carboxylic acids is 2. The maximum absolute atomic E-state index is 12.7. The number of carboxylic acid groups (broad SMARTS) is 1. The second kappa shape index (κ2) is 10.1. The fourth-order valence-electron chi connectivity index (χ4n) is 4.82. The van der Waals surface area contributed by atoms with E-state index in [1.165, 1.54) is 11.1 Å². The van der Waals surface area contributed by atoms with Gasteiger partial charge >= 0.3 is 12.1 Å². The Hall–Kier alpha value is -3.35. The van der Waals surface area contributed by atoms with Gasteiger partial charge in [-0.05, 0) is 47.9 Å². The first-order valence-corrected chi connectivity index (χ1v) is 11.5. The fraction of sp³-hybridized carbons (Fsp3) is 0.423. The molecule has 0 spiro atoms. The van der Waals surface area contributed by atoms with E-state index >= 15 is 0 Å². The van der Waals surface area contributed by atoms with Crippen molar-refractivity contribution in [3.8, 4) is 11.1 Å². The number of aliphatic carboxylic acids is 1. The Morgan fingerprint density at radius 3 is 2.18 bits per heavy atom. The molecule has 2 aromatic rings. The van der Waals surface area contributed by atoms with Crippen LogP contribution in [0, 0.1) is 11.8 Å². The van der Waals surface area contributed by atoms with Crippen molar-refractivity contribution in [1.29, 1.82) is 0 Å². The highest BCUT2D eigenvalue weighted by molar-refractivity contribution is 5.81. The van der Waals surface area contributed by atoms with Gasteiger partial charge in [0.25, 0.3) is 0 Å². The van der Waals surface area contributed by atoms with Gasteiger partial charge < -0.3 is 20.5 Å². The minimum Gasteiger partial charge on any atom is -0.481 e. The van der Waals surface area contributed by atoms with E-state index in [0.717, 1.165) is 30.4 Å². The van der Waals surface area contributed by atoms with E-state index in [2.05, 4.69) is 34.9 Å². The van der Waals surface area contributed by atoms with Crippen LogP contribution in [0.4, 0.5) is 4.79 Å². The number of carboxylic acids is 1. The number of benzene rings is 2. The third kappa shape index (κ3) is 5.18. The molecule has 2 aliphatic carbocycles. The van der Waals surface area contributed by atoms with E-state index in [-0.39, 0.29) is 37.3 Å². The molecule has 7 nitrogen and oxygen atoms in total. The molecule has 7 heteroatoms. The van der Waals surface area contributed by atoms with Crippen molar-refractivity contribution in [2.24, 2.45) is 11.8 Å². The molecule has 174 valence electrons. The Labute approximate surface area is 193 Å².